The van der Waals surface area contributed by atoms with Crippen molar-refractivity contribution >= 4 is 5.78 Å². The van der Waals surface area contributed by atoms with Gasteiger partial charge in [-0.2, -0.15) is 0 Å². The lowest BCUT2D eigenvalue weighted by Crippen LogP contribution is -2.29. The number of phenols is 1. The molecule has 6 rings (SSSR count). The van der Waals surface area contributed by atoms with E-state index in [1.807, 2.05) is 91.9 Å². The Labute approximate surface area is 306 Å². The normalized spacial score (nSPS) is 12.3. The average Bonchev–Trinajstić information content (AvgIpc) is 3.19. The molecule has 0 spiro atoms. The van der Waals surface area contributed by atoms with Crippen LogP contribution in [0.15, 0.2) is 127 Å². The van der Waals surface area contributed by atoms with E-state index in [1.165, 1.54) is 25.3 Å². The van der Waals surface area contributed by atoms with E-state index < -0.39 is 6.10 Å². The molecule has 7 heteroatoms. The molecule has 6 aromatic rings. The molecule has 1 N–H and O–H groups in total. The van der Waals surface area contributed by atoms with Crippen molar-refractivity contribution in [3.8, 4) is 67.9 Å². The van der Waals surface area contributed by atoms with E-state index >= 15 is 0 Å². The molecule has 0 saturated heterocycles. The van der Waals surface area contributed by atoms with Gasteiger partial charge in [-0.15, -0.1) is 0 Å². The molecule has 0 aliphatic rings. The molecule has 5 aromatic carbocycles. The highest BCUT2D eigenvalue weighted by molar-refractivity contribution is 5.84. The molecule has 1 heterocycles. The van der Waals surface area contributed by atoms with E-state index in [9.17, 15) is 9.90 Å². The Morgan fingerprint density at radius 1 is 0.615 bits per heavy atom. The molecule has 264 valence electrons. The second-order valence-electron chi connectivity index (χ2n) is 13.1. The first-order chi connectivity index (χ1) is 25.4. The van der Waals surface area contributed by atoms with Gasteiger partial charge in [0.2, 0.25) is 0 Å². The summed E-state index contributed by atoms with van der Waals surface area (Å²) in [6.07, 6.45) is 4.85. The van der Waals surface area contributed by atoms with Crippen LogP contribution in [0.4, 0.5) is 0 Å². The number of carbonyl (C=O) groups is 1. The summed E-state index contributed by atoms with van der Waals surface area (Å²) in [5.41, 5.74) is 6.45. The van der Waals surface area contributed by atoms with Gasteiger partial charge in [-0.1, -0.05) is 142 Å². The fourth-order valence-corrected chi connectivity index (χ4v) is 5.97. The van der Waals surface area contributed by atoms with Gasteiger partial charge in [0.05, 0.1) is 11.7 Å². The molecule has 0 aliphatic heterocycles. The number of ketones is 1. The van der Waals surface area contributed by atoms with Crippen LogP contribution in [0.25, 0.3) is 56.4 Å². The van der Waals surface area contributed by atoms with Crippen LogP contribution in [0.2, 0.25) is 0 Å². The fraction of sp³-hybridized carbons (Fsp3) is 0.244. The molecule has 0 radical (unpaired) electrons. The summed E-state index contributed by atoms with van der Waals surface area (Å²) < 4.78 is 11.7. The zero-order chi connectivity index (χ0) is 36.3. The molecule has 2 unspecified atom stereocenters. The summed E-state index contributed by atoms with van der Waals surface area (Å²) in [5.74, 6) is 1.39. The molecule has 7 nitrogen and oxygen atoms in total. The lowest BCUT2D eigenvalue weighted by Gasteiger charge is -2.17. The summed E-state index contributed by atoms with van der Waals surface area (Å²) in [5, 5.41) is 11.3. The molecule has 52 heavy (non-hydrogen) atoms. The third-order valence-electron chi connectivity index (χ3n) is 9.09. The molecule has 0 aliphatic carbocycles. The maximum atomic E-state index is 12.8. The number of carbonyl (C=O) groups excluding carboxylic acids is 1. The zero-order valence-corrected chi connectivity index (χ0v) is 30.0. The van der Waals surface area contributed by atoms with Gasteiger partial charge in [-0.3, -0.25) is 4.79 Å². The van der Waals surface area contributed by atoms with Crippen molar-refractivity contribution in [3.63, 3.8) is 0 Å². The summed E-state index contributed by atoms with van der Waals surface area (Å²) in [7, 11) is 0. The molecule has 1 aromatic heterocycles. The number of benzene rings is 5. The van der Waals surface area contributed by atoms with Crippen LogP contribution in [-0.4, -0.2) is 44.7 Å². The molecule has 0 bridgehead atoms. The summed E-state index contributed by atoms with van der Waals surface area (Å²) in [4.78, 5) is 27.3. The highest BCUT2D eigenvalue weighted by Gasteiger charge is 2.19. The van der Waals surface area contributed by atoms with Crippen LogP contribution >= 0.6 is 0 Å². The number of nitrogens with zero attached hydrogens (tertiary/aromatic N) is 3. The lowest BCUT2D eigenvalue weighted by molar-refractivity contribution is -0.131. The zero-order valence-electron chi connectivity index (χ0n) is 30.0. The Kier molecular flexibility index (Phi) is 12.2. The van der Waals surface area contributed by atoms with E-state index in [-0.39, 0.29) is 24.2 Å². The molecule has 0 saturated carbocycles. The summed E-state index contributed by atoms with van der Waals surface area (Å²) >= 11 is 0. The van der Waals surface area contributed by atoms with Crippen molar-refractivity contribution in [2.75, 3.05) is 6.61 Å². The minimum Gasteiger partial charge on any atom is -0.507 e. The molecular formula is C45H45N3O4. The highest BCUT2D eigenvalue weighted by atomic mass is 16.5. The molecule has 0 fully saturated rings. The maximum absolute atomic E-state index is 12.8. The number of aromatic nitrogens is 3. The molecule has 0 amide bonds. The quantitative estimate of drug-likeness (QED) is 0.101. The summed E-state index contributed by atoms with van der Waals surface area (Å²) in [6.45, 7) is 5.86. The van der Waals surface area contributed by atoms with Gasteiger partial charge in [-0.25, -0.2) is 15.0 Å². The third kappa shape index (κ3) is 9.36. The number of rotatable bonds is 16. The van der Waals surface area contributed by atoms with Gasteiger partial charge in [-0.05, 0) is 54.7 Å². The van der Waals surface area contributed by atoms with Gasteiger partial charge in [0.15, 0.2) is 29.4 Å². The van der Waals surface area contributed by atoms with Crippen molar-refractivity contribution in [1.82, 2.24) is 15.0 Å². The van der Waals surface area contributed by atoms with Gasteiger partial charge in [0.25, 0.3) is 0 Å². The Bertz CT molecular complexity index is 1950. The Hall–Kier alpha value is -5.66. The van der Waals surface area contributed by atoms with E-state index in [0.29, 0.717) is 28.8 Å². The minimum absolute atomic E-state index is 0.00933. The minimum atomic E-state index is -0.745. The predicted molar refractivity (Wildman–Crippen MR) is 208 cm³/mol. The third-order valence-corrected chi connectivity index (χ3v) is 9.09. The van der Waals surface area contributed by atoms with Crippen molar-refractivity contribution < 1.29 is 19.4 Å². The first-order valence-corrected chi connectivity index (χ1v) is 18.1. The Morgan fingerprint density at radius 2 is 1.12 bits per heavy atom. The number of aromatic hydroxyl groups is 1. The van der Waals surface area contributed by atoms with E-state index in [0.717, 1.165) is 46.2 Å². The topological polar surface area (TPSA) is 94.4 Å². The fourth-order valence-electron chi connectivity index (χ4n) is 5.97. The largest absolute Gasteiger partial charge is 0.507 e. The number of Topliss-reactive ketones (excluding diaryl/α,β-unsaturated/α-hetero) is 1. The van der Waals surface area contributed by atoms with Gasteiger partial charge >= 0.3 is 0 Å². The average molecular weight is 692 g/mol. The van der Waals surface area contributed by atoms with Gasteiger partial charge < -0.3 is 14.6 Å². The Balaban J connectivity index is 1.24. The number of unbranched alkanes of at least 4 members (excludes halogenated alkanes) is 3. The van der Waals surface area contributed by atoms with Crippen LogP contribution in [0, 0.1) is 0 Å². The van der Waals surface area contributed by atoms with Crippen molar-refractivity contribution in [3.05, 3.63) is 127 Å². The standard InChI is InChI=1S/C45H45N3O4/c1-4-5-6-9-14-31(2)51-30-42(50)32(3)52-39-27-28-40(41(49)29-39)45-47-43(37-23-19-35(20-24-37)33-15-10-7-11-16-33)46-44(48-45)38-25-21-36(22-26-38)34-17-12-8-13-18-34/h7-8,10-13,15-29,31-32,49H,4-6,9,14,30H2,1-3H3. The predicted octanol–water partition coefficient (Wildman–Crippen LogP) is 10.6. The first kappa shape index (κ1) is 36.1. The van der Waals surface area contributed by atoms with Crippen LogP contribution in [0.3, 0.4) is 0 Å². The number of hydrogen-bond acceptors (Lipinski definition) is 7. The van der Waals surface area contributed by atoms with Crippen LogP contribution in [0.1, 0.15) is 52.9 Å². The van der Waals surface area contributed by atoms with Crippen LogP contribution in [-0.2, 0) is 9.53 Å². The second-order valence-corrected chi connectivity index (χ2v) is 13.1. The van der Waals surface area contributed by atoms with Crippen LogP contribution in [0.5, 0.6) is 11.5 Å². The highest BCUT2D eigenvalue weighted by Crippen LogP contribution is 2.34. The smallest absolute Gasteiger partial charge is 0.198 e. The SMILES string of the molecule is CCCCCCC(C)OCC(=O)C(C)Oc1ccc(-c2nc(-c3ccc(-c4ccccc4)cc3)nc(-c3ccc(-c4ccccc4)cc3)n2)c(O)c1. The first-order valence-electron chi connectivity index (χ1n) is 18.1. The van der Waals surface area contributed by atoms with Gasteiger partial charge in [0.1, 0.15) is 18.1 Å². The Morgan fingerprint density at radius 3 is 1.63 bits per heavy atom. The number of hydrogen-bond donors (Lipinski definition) is 1. The number of phenolic OH excluding ortho intramolecular Hbond substituents is 1. The molecular weight excluding hydrogens is 647 g/mol. The van der Waals surface area contributed by atoms with E-state index in [4.69, 9.17) is 24.4 Å². The monoisotopic (exact) mass is 691 g/mol. The van der Waals surface area contributed by atoms with Gasteiger partial charge in [0, 0.05) is 17.2 Å². The van der Waals surface area contributed by atoms with Crippen LogP contribution < -0.4 is 4.74 Å². The van der Waals surface area contributed by atoms with E-state index in [2.05, 4.69) is 31.2 Å². The van der Waals surface area contributed by atoms with Crippen molar-refractivity contribution in [2.45, 2.75) is 65.1 Å². The number of ether oxygens (including phenoxy) is 2. The molecule has 2 atom stereocenters. The van der Waals surface area contributed by atoms with Crippen molar-refractivity contribution in [2.24, 2.45) is 0 Å². The van der Waals surface area contributed by atoms with E-state index in [1.54, 1.807) is 19.1 Å². The lowest BCUT2D eigenvalue weighted by atomic mass is 10.0. The van der Waals surface area contributed by atoms with Crippen molar-refractivity contribution in [1.29, 1.82) is 0 Å². The summed E-state index contributed by atoms with van der Waals surface area (Å²) in [6, 6.07) is 41.5. The second kappa shape index (κ2) is 17.5. The maximum Gasteiger partial charge on any atom is 0.198 e.